The Morgan fingerprint density at radius 1 is 1.29 bits per heavy atom. The van der Waals surface area contributed by atoms with Crippen LogP contribution < -0.4 is 9.46 Å². The lowest BCUT2D eigenvalue weighted by atomic mass is 10.1. The van der Waals surface area contributed by atoms with Gasteiger partial charge in [-0.25, -0.2) is 13.1 Å². The van der Waals surface area contributed by atoms with Gasteiger partial charge in [0.15, 0.2) is 0 Å². The van der Waals surface area contributed by atoms with E-state index in [1.165, 1.54) is 19.1 Å². The maximum absolute atomic E-state index is 12.3. The smallest absolute Gasteiger partial charge is 0.404 e. The first kappa shape index (κ1) is 17.7. The quantitative estimate of drug-likeness (QED) is 0.838. The number of nitrogens with one attached hydrogen (secondary N) is 1. The summed E-state index contributed by atoms with van der Waals surface area (Å²) in [5.41, 5.74) is -1.30. The van der Waals surface area contributed by atoms with Crippen LogP contribution in [-0.2, 0) is 10.0 Å². The molecule has 1 aromatic rings. The van der Waals surface area contributed by atoms with Crippen molar-refractivity contribution >= 4 is 10.0 Å². The van der Waals surface area contributed by atoms with Gasteiger partial charge in [-0.2, -0.15) is 0 Å². The Bertz CT molecular complexity index is 584. The second-order valence-electron chi connectivity index (χ2n) is 4.67. The summed E-state index contributed by atoms with van der Waals surface area (Å²) < 4.78 is 66.6. The molecule has 0 aliphatic rings. The minimum atomic E-state index is -5.00. The van der Waals surface area contributed by atoms with Crippen molar-refractivity contribution in [1.29, 1.82) is 0 Å². The van der Waals surface area contributed by atoms with Crippen LogP contribution in [0.25, 0.3) is 0 Å². The molecule has 5 nitrogen and oxygen atoms in total. The Morgan fingerprint density at radius 2 is 1.86 bits per heavy atom. The fourth-order valence-electron chi connectivity index (χ4n) is 1.33. The Balaban J connectivity index is 3.04. The highest BCUT2D eigenvalue weighted by molar-refractivity contribution is 7.89. The van der Waals surface area contributed by atoms with Gasteiger partial charge in [-0.3, -0.25) is 0 Å². The Hall–Kier alpha value is -1.32. The highest BCUT2D eigenvalue weighted by Gasteiger charge is 2.34. The van der Waals surface area contributed by atoms with Crippen molar-refractivity contribution in [2.75, 3.05) is 6.54 Å². The largest absolute Gasteiger partial charge is 0.573 e. The number of sulfonamides is 1. The van der Waals surface area contributed by atoms with E-state index in [-0.39, 0.29) is 13.0 Å². The van der Waals surface area contributed by atoms with Crippen LogP contribution in [0.15, 0.2) is 29.2 Å². The van der Waals surface area contributed by atoms with Gasteiger partial charge in [0.1, 0.15) is 10.6 Å². The lowest BCUT2D eigenvalue weighted by Gasteiger charge is -2.22. The summed E-state index contributed by atoms with van der Waals surface area (Å²) in [5.74, 6) is -0.825. The first-order valence-electron chi connectivity index (χ1n) is 6.04. The summed E-state index contributed by atoms with van der Waals surface area (Å²) in [6.07, 6.45) is -4.73. The molecule has 1 aromatic carbocycles. The van der Waals surface area contributed by atoms with E-state index in [1.807, 2.05) is 0 Å². The van der Waals surface area contributed by atoms with Gasteiger partial charge < -0.3 is 9.84 Å². The first-order chi connectivity index (χ1) is 9.47. The second-order valence-corrected chi connectivity index (χ2v) is 6.40. The fraction of sp³-hybridized carbons (Fsp3) is 0.500. The van der Waals surface area contributed by atoms with Crippen LogP contribution in [0.1, 0.15) is 20.3 Å². The number of halogens is 3. The third-order valence-corrected chi connectivity index (χ3v) is 4.21. The average Bonchev–Trinajstić information content (AvgIpc) is 2.35. The summed E-state index contributed by atoms with van der Waals surface area (Å²) in [4.78, 5) is -0.644. The van der Waals surface area contributed by atoms with Crippen molar-refractivity contribution in [2.45, 2.75) is 37.1 Å². The Labute approximate surface area is 120 Å². The van der Waals surface area contributed by atoms with Crippen molar-refractivity contribution in [3.05, 3.63) is 24.3 Å². The number of benzene rings is 1. The molecule has 0 radical (unpaired) electrons. The topological polar surface area (TPSA) is 75.6 Å². The molecule has 0 heterocycles. The average molecular weight is 327 g/mol. The number of hydrogen-bond donors (Lipinski definition) is 2. The number of para-hydroxylation sites is 1. The molecule has 0 saturated carbocycles. The van der Waals surface area contributed by atoms with Gasteiger partial charge in [-0.05, 0) is 25.5 Å². The number of ether oxygens (including phenoxy) is 1. The molecule has 0 fully saturated rings. The molecule has 0 aliphatic heterocycles. The van der Waals surface area contributed by atoms with Crippen LogP contribution in [0.3, 0.4) is 0 Å². The van der Waals surface area contributed by atoms with Crippen molar-refractivity contribution in [3.63, 3.8) is 0 Å². The molecule has 0 bridgehead atoms. The van der Waals surface area contributed by atoms with Crippen LogP contribution in [0.2, 0.25) is 0 Å². The van der Waals surface area contributed by atoms with Crippen LogP contribution in [0.4, 0.5) is 13.2 Å². The van der Waals surface area contributed by atoms with E-state index in [1.54, 1.807) is 6.92 Å². The van der Waals surface area contributed by atoms with Crippen LogP contribution in [-0.4, -0.2) is 32.0 Å². The maximum Gasteiger partial charge on any atom is 0.573 e. The second kappa shape index (κ2) is 6.20. The Kier molecular flexibility index (Phi) is 5.24. The molecule has 21 heavy (non-hydrogen) atoms. The van der Waals surface area contributed by atoms with Crippen molar-refractivity contribution in [3.8, 4) is 5.75 Å². The lowest BCUT2D eigenvalue weighted by molar-refractivity contribution is -0.275. The van der Waals surface area contributed by atoms with E-state index in [2.05, 4.69) is 9.46 Å². The van der Waals surface area contributed by atoms with Crippen molar-refractivity contribution in [1.82, 2.24) is 4.72 Å². The molecule has 2 N–H and O–H groups in total. The molecular formula is C12H16F3NO4S. The minimum absolute atomic E-state index is 0.274. The molecule has 1 unspecified atom stereocenters. The molecule has 1 atom stereocenters. The van der Waals surface area contributed by atoms with E-state index >= 15 is 0 Å². The van der Waals surface area contributed by atoms with Gasteiger partial charge in [0.2, 0.25) is 10.0 Å². The maximum atomic E-state index is 12.3. The highest BCUT2D eigenvalue weighted by Crippen LogP contribution is 2.29. The predicted octanol–water partition coefficient (Wildman–Crippen LogP) is 2.02. The standard InChI is InChI=1S/C12H16F3NO4S/c1-3-11(2,17)8-16-21(18,19)10-7-5-4-6-9(10)20-12(13,14)15/h4-7,16-17H,3,8H2,1-2H3. The number of alkyl halides is 3. The third-order valence-electron chi connectivity index (χ3n) is 2.77. The van der Waals surface area contributed by atoms with Crippen LogP contribution in [0, 0.1) is 0 Å². The number of rotatable bonds is 6. The SMILES string of the molecule is CCC(C)(O)CNS(=O)(=O)c1ccccc1OC(F)(F)F. The number of aliphatic hydroxyl groups is 1. The van der Waals surface area contributed by atoms with E-state index in [4.69, 9.17) is 0 Å². The van der Waals surface area contributed by atoms with Crippen molar-refractivity contribution < 1.29 is 31.4 Å². The summed E-state index contributed by atoms with van der Waals surface area (Å²) in [6.45, 7) is 2.73. The third kappa shape index (κ3) is 5.52. The molecule has 120 valence electrons. The van der Waals surface area contributed by atoms with E-state index in [9.17, 15) is 26.7 Å². The van der Waals surface area contributed by atoms with E-state index in [0.717, 1.165) is 12.1 Å². The fourth-order valence-corrected chi connectivity index (χ4v) is 2.62. The van der Waals surface area contributed by atoms with Crippen molar-refractivity contribution in [2.24, 2.45) is 0 Å². The monoisotopic (exact) mass is 327 g/mol. The number of hydrogen-bond acceptors (Lipinski definition) is 4. The molecule has 0 aliphatic carbocycles. The molecule has 0 saturated heterocycles. The predicted molar refractivity (Wildman–Crippen MR) is 69.2 cm³/mol. The molecule has 0 spiro atoms. The molecular weight excluding hydrogens is 311 g/mol. The summed E-state index contributed by atoms with van der Waals surface area (Å²) in [5, 5.41) is 9.75. The van der Waals surface area contributed by atoms with E-state index in [0.29, 0.717) is 0 Å². The summed E-state index contributed by atoms with van der Waals surface area (Å²) in [6, 6.07) is 4.39. The van der Waals surface area contributed by atoms with Gasteiger partial charge in [0, 0.05) is 6.54 Å². The van der Waals surface area contributed by atoms with Crippen LogP contribution >= 0.6 is 0 Å². The van der Waals surface area contributed by atoms with Gasteiger partial charge in [0.05, 0.1) is 5.60 Å². The summed E-state index contributed by atoms with van der Waals surface area (Å²) in [7, 11) is -4.24. The van der Waals surface area contributed by atoms with E-state index < -0.39 is 32.6 Å². The molecule has 0 aromatic heterocycles. The van der Waals surface area contributed by atoms with Gasteiger partial charge >= 0.3 is 6.36 Å². The zero-order chi connectivity index (χ0) is 16.3. The van der Waals surface area contributed by atoms with Gasteiger partial charge in [-0.1, -0.05) is 19.1 Å². The molecule has 9 heteroatoms. The zero-order valence-corrected chi connectivity index (χ0v) is 12.3. The molecule has 1 rings (SSSR count). The minimum Gasteiger partial charge on any atom is -0.404 e. The normalized spacial score (nSPS) is 15.5. The van der Waals surface area contributed by atoms with Gasteiger partial charge in [0.25, 0.3) is 0 Å². The highest BCUT2D eigenvalue weighted by atomic mass is 32.2. The Morgan fingerprint density at radius 3 is 2.38 bits per heavy atom. The van der Waals surface area contributed by atoms with Crippen LogP contribution in [0.5, 0.6) is 5.75 Å². The zero-order valence-electron chi connectivity index (χ0n) is 11.4. The summed E-state index contributed by atoms with van der Waals surface area (Å²) >= 11 is 0. The molecule has 0 amide bonds. The van der Waals surface area contributed by atoms with Gasteiger partial charge in [-0.15, -0.1) is 13.2 Å². The lowest BCUT2D eigenvalue weighted by Crippen LogP contribution is -2.40. The first-order valence-corrected chi connectivity index (χ1v) is 7.52.